The zero-order valence-corrected chi connectivity index (χ0v) is 11.4. The molecule has 0 bridgehead atoms. The Morgan fingerprint density at radius 1 is 1.33 bits per heavy atom. The van der Waals surface area contributed by atoms with Crippen molar-refractivity contribution in [2.45, 2.75) is 44.6 Å². The summed E-state index contributed by atoms with van der Waals surface area (Å²) in [7, 11) is 0. The normalized spacial score (nSPS) is 31.4. The van der Waals surface area contributed by atoms with Crippen LogP contribution in [-0.2, 0) is 6.42 Å². The van der Waals surface area contributed by atoms with E-state index in [4.69, 9.17) is 5.73 Å². The maximum Gasteiger partial charge on any atom is 0.0549 e. The van der Waals surface area contributed by atoms with Gasteiger partial charge in [-0.15, -0.1) is 0 Å². The van der Waals surface area contributed by atoms with Crippen LogP contribution in [0.25, 0.3) is 0 Å². The lowest BCUT2D eigenvalue weighted by atomic mass is 9.83. The molecule has 18 heavy (non-hydrogen) atoms. The van der Waals surface area contributed by atoms with Gasteiger partial charge >= 0.3 is 0 Å². The molecule has 1 aliphatic heterocycles. The zero-order valence-electron chi connectivity index (χ0n) is 11.4. The average Bonchev–Trinajstić information content (AvgIpc) is 2.80. The van der Waals surface area contributed by atoms with E-state index in [2.05, 4.69) is 36.1 Å². The van der Waals surface area contributed by atoms with E-state index < -0.39 is 0 Å². The smallest absolute Gasteiger partial charge is 0.0549 e. The molecule has 2 nitrogen and oxygen atoms in total. The standard InChI is InChI=1S/C16H24N2/c1-13-6-4-10-16(13,12-17)18-11-5-8-14-7-2-3-9-15(14)18/h2-3,7,9,13H,4-6,8,10-12,17H2,1H3. The Bertz CT molecular complexity index is 429. The van der Waals surface area contributed by atoms with Crippen molar-refractivity contribution in [2.75, 3.05) is 18.0 Å². The highest BCUT2D eigenvalue weighted by molar-refractivity contribution is 5.58. The first-order valence-corrected chi connectivity index (χ1v) is 7.33. The molecule has 1 aromatic rings. The molecule has 2 unspecified atom stereocenters. The van der Waals surface area contributed by atoms with Gasteiger partial charge in [-0.1, -0.05) is 31.5 Å². The number of hydrogen-bond acceptors (Lipinski definition) is 2. The van der Waals surface area contributed by atoms with Gasteiger partial charge in [0.1, 0.15) is 0 Å². The van der Waals surface area contributed by atoms with Crippen LogP contribution in [0, 0.1) is 5.92 Å². The summed E-state index contributed by atoms with van der Waals surface area (Å²) in [5, 5.41) is 0. The Morgan fingerprint density at radius 2 is 2.17 bits per heavy atom. The summed E-state index contributed by atoms with van der Waals surface area (Å²) >= 11 is 0. The summed E-state index contributed by atoms with van der Waals surface area (Å²) in [6.07, 6.45) is 6.42. The number of fused-ring (bicyclic) bond motifs is 1. The minimum atomic E-state index is 0.219. The molecule has 3 rings (SSSR count). The molecule has 1 aliphatic carbocycles. The fourth-order valence-electron chi connectivity index (χ4n) is 4.04. The van der Waals surface area contributed by atoms with Crippen molar-refractivity contribution in [1.82, 2.24) is 0 Å². The summed E-state index contributed by atoms with van der Waals surface area (Å²) in [4.78, 5) is 2.64. The third kappa shape index (κ3) is 1.66. The second kappa shape index (κ2) is 4.58. The van der Waals surface area contributed by atoms with Crippen molar-refractivity contribution < 1.29 is 0 Å². The highest BCUT2D eigenvalue weighted by Gasteiger charge is 2.45. The molecule has 2 heteroatoms. The van der Waals surface area contributed by atoms with Crippen LogP contribution in [0.3, 0.4) is 0 Å². The molecule has 0 spiro atoms. The highest BCUT2D eigenvalue weighted by atomic mass is 15.2. The predicted molar refractivity (Wildman–Crippen MR) is 76.9 cm³/mol. The average molecular weight is 244 g/mol. The fraction of sp³-hybridized carbons (Fsp3) is 0.625. The van der Waals surface area contributed by atoms with Crippen LogP contribution < -0.4 is 10.6 Å². The summed E-state index contributed by atoms with van der Waals surface area (Å²) < 4.78 is 0. The van der Waals surface area contributed by atoms with E-state index in [1.807, 2.05) is 0 Å². The number of nitrogens with zero attached hydrogens (tertiary/aromatic N) is 1. The van der Waals surface area contributed by atoms with E-state index in [1.165, 1.54) is 49.9 Å². The lowest BCUT2D eigenvalue weighted by molar-refractivity contribution is 0.311. The fourth-order valence-corrected chi connectivity index (χ4v) is 4.04. The second-order valence-electron chi connectivity index (χ2n) is 5.98. The van der Waals surface area contributed by atoms with Gasteiger partial charge in [-0.2, -0.15) is 0 Å². The highest BCUT2D eigenvalue weighted by Crippen LogP contribution is 2.44. The number of rotatable bonds is 2. The minimum Gasteiger partial charge on any atom is -0.364 e. The molecule has 0 radical (unpaired) electrons. The Morgan fingerprint density at radius 3 is 2.89 bits per heavy atom. The number of nitrogens with two attached hydrogens (primary N) is 1. The van der Waals surface area contributed by atoms with Gasteiger partial charge in [-0.25, -0.2) is 0 Å². The van der Waals surface area contributed by atoms with Crippen molar-refractivity contribution in [3.05, 3.63) is 29.8 Å². The van der Waals surface area contributed by atoms with Gasteiger partial charge in [0.2, 0.25) is 0 Å². The van der Waals surface area contributed by atoms with Crippen molar-refractivity contribution in [2.24, 2.45) is 11.7 Å². The van der Waals surface area contributed by atoms with Crippen LogP contribution in [-0.4, -0.2) is 18.6 Å². The van der Waals surface area contributed by atoms with Crippen molar-refractivity contribution in [3.8, 4) is 0 Å². The lowest BCUT2D eigenvalue weighted by Gasteiger charge is -2.48. The summed E-state index contributed by atoms with van der Waals surface area (Å²) in [5.74, 6) is 0.716. The van der Waals surface area contributed by atoms with E-state index in [0.29, 0.717) is 5.92 Å². The second-order valence-corrected chi connectivity index (χ2v) is 5.98. The molecular weight excluding hydrogens is 220 g/mol. The maximum atomic E-state index is 6.21. The Labute approximate surface area is 110 Å². The molecule has 1 fully saturated rings. The number of hydrogen-bond donors (Lipinski definition) is 1. The van der Waals surface area contributed by atoms with Crippen LogP contribution in [0.5, 0.6) is 0 Å². The molecule has 1 aromatic carbocycles. The van der Waals surface area contributed by atoms with Gasteiger partial charge in [-0.05, 0) is 43.2 Å². The van der Waals surface area contributed by atoms with Crippen LogP contribution in [0.4, 0.5) is 5.69 Å². The van der Waals surface area contributed by atoms with Gasteiger partial charge in [-0.3, -0.25) is 0 Å². The lowest BCUT2D eigenvalue weighted by Crippen LogP contribution is -2.57. The van der Waals surface area contributed by atoms with Gasteiger partial charge < -0.3 is 10.6 Å². The number of anilines is 1. The Balaban J connectivity index is 2.02. The topological polar surface area (TPSA) is 29.3 Å². The largest absolute Gasteiger partial charge is 0.364 e. The van der Waals surface area contributed by atoms with Crippen molar-refractivity contribution >= 4 is 5.69 Å². The molecule has 1 saturated carbocycles. The van der Waals surface area contributed by atoms with Crippen LogP contribution in [0.1, 0.15) is 38.2 Å². The zero-order chi connectivity index (χ0) is 12.6. The monoisotopic (exact) mass is 244 g/mol. The van der Waals surface area contributed by atoms with Crippen LogP contribution in [0.15, 0.2) is 24.3 Å². The third-order valence-corrected chi connectivity index (χ3v) is 5.17. The van der Waals surface area contributed by atoms with E-state index in [9.17, 15) is 0 Å². The molecule has 0 amide bonds. The van der Waals surface area contributed by atoms with Gasteiger partial charge in [0.15, 0.2) is 0 Å². The SMILES string of the molecule is CC1CCCC1(CN)N1CCCc2ccccc21. The molecular formula is C16H24N2. The van der Waals surface area contributed by atoms with Crippen LogP contribution in [0.2, 0.25) is 0 Å². The van der Waals surface area contributed by atoms with E-state index in [-0.39, 0.29) is 5.54 Å². The molecule has 98 valence electrons. The van der Waals surface area contributed by atoms with E-state index in [0.717, 1.165) is 6.54 Å². The molecule has 1 heterocycles. The molecule has 2 atom stereocenters. The summed E-state index contributed by atoms with van der Waals surface area (Å²) in [5.41, 5.74) is 9.38. The van der Waals surface area contributed by atoms with Gasteiger partial charge in [0.05, 0.1) is 5.54 Å². The van der Waals surface area contributed by atoms with Crippen molar-refractivity contribution in [1.29, 1.82) is 0 Å². The number of para-hydroxylation sites is 1. The number of benzene rings is 1. The van der Waals surface area contributed by atoms with Gasteiger partial charge in [0.25, 0.3) is 0 Å². The Hall–Kier alpha value is -1.02. The van der Waals surface area contributed by atoms with Crippen LogP contribution >= 0.6 is 0 Å². The van der Waals surface area contributed by atoms with E-state index >= 15 is 0 Å². The first kappa shape index (κ1) is 12.0. The quantitative estimate of drug-likeness (QED) is 0.866. The summed E-state index contributed by atoms with van der Waals surface area (Å²) in [6.45, 7) is 4.36. The molecule has 2 aliphatic rings. The minimum absolute atomic E-state index is 0.219. The molecule has 2 N–H and O–H groups in total. The molecule has 0 aromatic heterocycles. The predicted octanol–water partition coefficient (Wildman–Crippen LogP) is 2.96. The van der Waals surface area contributed by atoms with E-state index in [1.54, 1.807) is 0 Å². The summed E-state index contributed by atoms with van der Waals surface area (Å²) in [6, 6.07) is 8.90. The number of aryl methyl sites for hydroxylation is 1. The first-order chi connectivity index (χ1) is 8.78. The maximum absolute atomic E-state index is 6.21. The first-order valence-electron chi connectivity index (χ1n) is 7.33. The third-order valence-electron chi connectivity index (χ3n) is 5.17. The molecule has 0 saturated heterocycles. The van der Waals surface area contributed by atoms with Crippen molar-refractivity contribution in [3.63, 3.8) is 0 Å². The van der Waals surface area contributed by atoms with Gasteiger partial charge in [0, 0.05) is 18.8 Å². The Kier molecular flexibility index (Phi) is 3.06.